The molecule has 4 rings (SSSR count). The summed E-state index contributed by atoms with van der Waals surface area (Å²) in [6.45, 7) is 1.43. The molecule has 0 bridgehead atoms. The predicted molar refractivity (Wildman–Crippen MR) is 126 cm³/mol. The number of benzene rings is 2. The molecule has 0 unspecified atom stereocenters. The molecule has 0 aliphatic heterocycles. The minimum atomic E-state index is -0.515. The third kappa shape index (κ3) is 4.19. The maximum Gasteiger partial charge on any atom is 0.295 e. The normalized spacial score (nSPS) is 10.8. The van der Waals surface area contributed by atoms with Crippen LogP contribution in [0.4, 0.5) is 5.69 Å². The van der Waals surface area contributed by atoms with E-state index < -0.39 is 11.5 Å². The maximum atomic E-state index is 13.0. The summed E-state index contributed by atoms with van der Waals surface area (Å²) in [6.07, 6.45) is 0. The molecule has 0 aliphatic carbocycles. The molecule has 1 N–H and O–H groups in total. The maximum absolute atomic E-state index is 13.0. The zero-order chi connectivity index (χ0) is 22.8. The number of nitrogens with one attached hydrogen (secondary N) is 1. The monoisotopic (exact) mass is 493 g/mol. The van der Waals surface area contributed by atoms with Crippen LogP contribution in [-0.4, -0.2) is 25.1 Å². The van der Waals surface area contributed by atoms with Gasteiger partial charge in [-0.05, 0) is 37.3 Å². The van der Waals surface area contributed by atoms with Crippen LogP contribution in [0.3, 0.4) is 0 Å². The first-order valence-corrected chi connectivity index (χ1v) is 10.6. The Morgan fingerprint density at radius 3 is 2.38 bits per heavy atom. The molecule has 0 atom stereocenters. The zero-order valence-electron chi connectivity index (χ0n) is 17.4. The molecule has 0 saturated heterocycles. The quantitative estimate of drug-likeness (QED) is 0.462. The van der Waals surface area contributed by atoms with Gasteiger partial charge in [0.15, 0.2) is 0 Å². The van der Waals surface area contributed by atoms with Crippen LogP contribution in [0.25, 0.3) is 16.9 Å². The lowest BCUT2D eigenvalue weighted by Crippen LogP contribution is -2.30. The molecular weight excluding hydrogens is 474 g/mol. The summed E-state index contributed by atoms with van der Waals surface area (Å²) in [4.78, 5) is 38.0. The van der Waals surface area contributed by atoms with Crippen LogP contribution in [0.2, 0.25) is 0 Å². The van der Waals surface area contributed by atoms with Gasteiger partial charge in [0.05, 0.1) is 17.1 Å². The zero-order valence-corrected chi connectivity index (χ0v) is 19.0. The number of para-hydroxylation sites is 1. The van der Waals surface area contributed by atoms with Crippen LogP contribution >= 0.6 is 15.9 Å². The molecule has 0 radical (unpaired) electrons. The van der Waals surface area contributed by atoms with Crippen molar-refractivity contribution >= 4 is 27.5 Å². The Morgan fingerprint density at radius 1 is 1.00 bits per heavy atom. The molecule has 2 heterocycles. The van der Waals surface area contributed by atoms with Crippen LogP contribution in [-0.2, 0) is 18.4 Å². The first-order valence-electron chi connectivity index (χ1n) is 9.83. The number of hydrogen-bond acceptors (Lipinski definition) is 4. The number of aromatic nitrogens is 4. The molecule has 4 aromatic rings. The average Bonchev–Trinajstić information content (AvgIpc) is 2.99. The van der Waals surface area contributed by atoms with Gasteiger partial charge in [-0.25, -0.2) is 9.36 Å². The molecule has 0 spiro atoms. The van der Waals surface area contributed by atoms with Crippen molar-refractivity contribution in [3.63, 3.8) is 0 Å². The summed E-state index contributed by atoms with van der Waals surface area (Å²) >= 11 is 3.38. The van der Waals surface area contributed by atoms with Gasteiger partial charge < -0.3 is 5.32 Å². The number of carbonyl (C=O) groups excluding carboxylic acids is 1. The van der Waals surface area contributed by atoms with Crippen molar-refractivity contribution in [3.8, 4) is 16.9 Å². The molecule has 2 aromatic heterocycles. The summed E-state index contributed by atoms with van der Waals surface area (Å²) < 4.78 is 5.16. The van der Waals surface area contributed by atoms with Gasteiger partial charge in [-0.1, -0.05) is 46.3 Å². The molecule has 8 nitrogen and oxygen atoms in total. The second-order valence-electron chi connectivity index (χ2n) is 7.21. The van der Waals surface area contributed by atoms with Crippen molar-refractivity contribution in [2.45, 2.75) is 13.5 Å². The standard InChI is InChI=1S/C23H20BrN5O3/c1-15-22(23(32)29(27(15)2)18-6-4-3-5-7-18)25-20(30)14-28-21(31)13-12-19(26-28)16-8-10-17(24)11-9-16/h3-13H,14H2,1-2H3,(H,25,30). The van der Waals surface area contributed by atoms with E-state index in [1.807, 2.05) is 54.6 Å². The molecular formula is C23H20BrN5O3. The Labute approximate surface area is 191 Å². The van der Waals surface area contributed by atoms with Crippen molar-refractivity contribution in [2.24, 2.45) is 7.05 Å². The summed E-state index contributed by atoms with van der Waals surface area (Å²) in [5.41, 5.74) is 2.05. The Morgan fingerprint density at radius 2 is 1.69 bits per heavy atom. The molecule has 2 aromatic carbocycles. The van der Waals surface area contributed by atoms with E-state index in [1.54, 1.807) is 24.7 Å². The highest BCUT2D eigenvalue weighted by atomic mass is 79.9. The predicted octanol–water partition coefficient (Wildman–Crippen LogP) is 3.11. The van der Waals surface area contributed by atoms with E-state index in [2.05, 4.69) is 26.3 Å². The van der Waals surface area contributed by atoms with Crippen LogP contribution in [0.15, 0.2) is 80.8 Å². The minimum absolute atomic E-state index is 0.165. The van der Waals surface area contributed by atoms with E-state index in [-0.39, 0.29) is 17.8 Å². The number of nitrogens with zero attached hydrogens (tertiary/aromatic N) is 4. The molecule has 0 aliphatic rings. The highest BCUT2D eigenvalue weighted by Crippen LogP contribution is 2.19. The third-order valence-electron chi connectivity index (χ3n) is 5.12. The summed E-state index contributed by atoms with van der Waals surface area (Å²) in [5.74, 6) is -0.515. The number of carbonyl (C=O) groups is 1. The fourth-order valence-electron chi connectivity index (χ4n) is 3.36. The second kappa shape index (κ2) is 8.80. The van der Waals surface area contributed by atoms with E-state index in [4.69, 9.17) is 0 Å². The first-order chi connectivity index (χ1) is 15.3. The van der Waals surface area contributed by atoms with E-state index in [1.165, 1.54) is 10.7 Å². The highest BCUT2D eigenvalue weighted by molar-refractivity contribution is 9.10. The molecule has 0 fully saturated rings. The fourth-order valence-corrected chi connectivity index (χ4v) is 3.63. The molecule has 9 heteroatoms. The van der Waals surface area contributed by atoms with E-state index >= 15 is 0 Å². The van der Waals surface area contributed by atoms with E-state index in [0.717, 1.165) is 14.7 Å². The van der Waals surface area contributed by atoms with Gasteiger partial charge in [0.2, 0.25) is 5.91 Å². The van der Waals surface area contributed by atoms with E-state index in [0.29, 0.717) is 17.1 Å². The molecule has 1 amide bonds. The Hall–Kier alpha value is -3.72. The molecule has 32 heavy (non-hydrogen) atoms. The number of hydrogen-bond donors (Lipinski definition) is 1. The van der Waals surface area contributed by atoms with E-state index in [9.17, 15) is 14.4 Å². The Bertz CT molecular complexity index is 1400. The number of anilines is 1. The van der Waals surface area contributed by atoms with Crippen molar-refractivity contribution in [3.05, 3.63) is 97.6 Å². The van der Waals surface area contributed by atoms with Crippen LogP contribution in [0.1, 0.15) is 5.69 Å². The largest absolute Gasteiger partial charge is 0.318 e. The number of rotatable bonds is 5. The lowest BCUT2D eigenvalue weighted by Gasteiger charge is -2.08. The van der Waals surface area contributed by atoms with Crippen molar-refractivity contribution in [2.75, 3.05) is 5.32 Å². The van der Waals surface area contributed by atoms with Crippen molar-refractivity contribution < 1.29 is 4.79 Å². The van der Waals surface area contributed by atoms with Crippen LogP contribution in [0, 0.1) is 6.92 Å². The molecule has 0 saturated carbocycles. The van der Waals surface area contributed by atoms with Crippen molar-refractivity contribution in [1.29, 1.82) is 0 Å². The summed E-state index contributed by atoms with van der Waals surface area (Å²) in [7, 11) is 1.74. The lowest BCUT2D eigenvalue weighted by atomic mass is 10.1. The Kier molecular flexibility index (Phi) is 5.91. The third-order valence-corrected chi connectivity index (χ3v) is 5.65. The molecule has 162 valence electrons. The van der Waals surface area contributed by atoms with Gasteiger partial charge in [0, 0.05) is 23.2 Å². The Balaban J connectivity index is 1.60. The van der Waals surface area contributed by atoms with Gasteiger partial charge in [-0.2, -0.15) is 5.10 Å². The lowest BCUT2D eigenvalue weighted by molar-refractivity contribution is -0.117. The minimum Gasteiger partial charge on any atom is -0.318 e. The number of halogens is 1. The van der Waals surface area contributed by atoms with Gasteiger partial charge in [-0.3, -0.25) is 19.1 Å². The van der Waals surface area contributed by atoms with Gasteiger partial charge in [0.25, 0.3) is 11.1 Å². The topological polar surface area (TPSA) is 90.9 Å². The van der Waals surface area contributed by atoms with Gasteiger partial charge >= 0.3 is 0 Å². The second-order valence-corrected chi connectivity index (χ2v) is 8.12. The van der Waals surface area contributed by atoms with Crippen molar-refractivity contribution in [1.82, 2.24) is 19.1 Å². The van der Waals surface area contributed by atoms with Crippen LogP contribution in [0.5, 0.6) is 0 Å². The van der Waals surface area contributed by atoms with Gasteiger partial charge in [-0.15, -0.1) is 0 Å². The highest BCUT2D eigenvalue weighted by Gasteiger charge is 2.18. The smallest absolute Gasteiger partial charge is 0.295 e. The summed E-state index contributed by atoms with van der Waals surface area (Å²) in [6, 6.07) is 19.6. The first kappa shape index (κ1) is 21.5. The summed E-state index contributed by atoms with van der Waals surface area (Å²) in [5, 5.41) is 6.96. The fraction of sp³-hybridized carbons (Fsp3) is 0.130. The number of amides is 1. The van der Waals surface area contributed by atoms with Gasteiger partial charge in [0.1, 0.15) is 12.2 Å². The van der Waals surface area contributed by atoms with Crippen LogP contribution < -0.4 is 16.4 Å². The SMILES string of the molecule is Cc1c(NC(=O)Cn2nc(-c3ccc(Br)cc3)ccc2=O)c(=O)n(-c2ccccc2)n1C. The average molecular weight is 494 g/mol.